The zero-order valence-electron chi connectivity index (χ0n) is 11.6. The van der Waals surface area contributed by atoms with Crippen molar-refractivity contribution in [3.8, 4) is 0 Å². The summed E-state index contributed by atoms with van der Waals surface area (Å²) in [5, 5.41) is 0. The van der Waals surface area contributed by atoms with E-state index < -0.39 is 15.6 Å². The Balaban J connectivity index is 2.26. The van der Waals surface area contributed by atoms with E-state index in [1.54, 1.807) is 6.08 Å². The molecule has 0 aromatic heterocycles. The smallest absolute Gasteiger partial charge is 0.381 e. The fourth-order valence-electron chi connectivity index (χ4n) is 3.33. The van der Waals surface area contributed by atoms with Gasteiger partial charge in [-0.15, -0.1) is 0 Å². The van der Waals surface area contributed by atoms with Crippen molar-refractivity contribution < 1.29 is 25.8 Å². The van der Waals surface area contributed by atoms with Crippen LogP contribution in [-0.4, -0.2) is 13.9 Å². The van der Waals surface area contributed by atoms with E-state index in [4.69, 9.17) is 0 Å². The Morgan fingerprint density at radius 2 is 1.75 bits per heavy atom. The van der Waals surface area contributed by atoms with E-state index >= 15 is 0 Å². The van der Waals surface area contributed by atoms with E-state index in [1.807, 2.05) is 6.92 Å². The number of halogens is 3. The molecule has 2 aliphatic carbocycles. The monoisotopic (exact) mass is 312 g/mol. The number of rotatable bonds is 2. The van der Waals surface area contributed by atoms with Gasteiger partial charge in [0.1, 0.15) is 5.76 Å². The summed E-state index contributed by atoms with van der Waals surface area (Å²) >= 11 is 0. The molecule has 0 amide bonds. The summed E-state index contributed by atoms with van der Waals surface area (Å²) in [6.07, 6.45) is 6.48. The number of alkyl halides is 3. The molecule has 2 atom stereocenters. The van der Waals surface area contributed by atoms with E-state index in [1.165, 1.54) is 0 Å². The van der Waals surface area contributed by atoms with Crippen molar-refractivity contribution in [2.24, 2.45) is 10.8 Å². The fourth-order valence-corrected chi connectivity index (χ4v) is 3.84. The molecule has 0 spiro atoms. The van der Waals surface area contributed by atoms with E-state index in [0.29, 0.717) is 6.42 Å². The van der Waals surface area contributed by atoms with Crippen molar-refractivity contribution in [1.82, 2.24) is 0 Å². The molecular weight excluding hydrogens is 293 g/mol. The van der Waals surface area contributed by atoms with E-state index in [-0.39, 0.29) is 23.0 Å². The topological polar surface area (TPSA) is 43.4 Å². The third-order valence-corrected chi connectivity index (χ3v) is 5.96. The highest BCUT2D eigenvalue weighted by atomic mass is 32.2. The zero-order chi connectivity index (χ0) is 15.2. The average molecular weight is 312 g/mol. The van der Waals surface area contributed by atoms with Crippen molar-refractivity contribution in [2.45, 2.75) is 57.9 Å². The normalized spacial score (nSPS) is 35.1. The summed E-state index contributed by atoms with van der Waals surface area (Å²) in [6, 6.07) is 0. The molecule has 2 aliphatic rings. The van der Waals surface area contributed by atoms with Crippen molar-refractivity contribution in [3.63, 3.8) is 0 Å². The van der Waals surface area contributed by atoms with E-state index in [0.717, 1.165) is 25.7 Å². The number of allylic oxidation sites excluding steroid dienone is 2. The molecule has 3 nitrogen and oxygen atoms in total. The van der Waals surface area contributed by atoms with Crippen molar-refractivity contribution >= 4 is 10.1 Å². The van der Waals surface area contributed by atoms with Crippen LogP contribution in [0.5, 0.6) is 0 Å². The first-order chi connectivity index (χ1) is 8.99. The van der Waals surface area contributed by atoms with Crippen LogP contribution in [0.1, 0.15) is 52.4 Å². The summed E-state index contributed by atoms with van der Waals surface area (Å²) in [5.41, 5.74) is -5.65. The Morgan fingerprint density at radius 3 is 2.35 bits per heavy atom. The Kier molecular flexibility index (Phi) is 3.64. The van der Waals surface area contributed by atoms with Crippen LogP contribution in [0.3, 0.4) is 0 Å². The van der Waals surface area contributed by atoms with Gasteiger partial charge >= 0.3 is 15.6 Å². The number of hydrogen-bond donors (Lipinski definition) is 0. The summed E-state index contributed by atoms with van der Waals surface area (Å²) in [6.45, 7) is 4.10. The lowest BCUT2D eigenvalue weighted by Gasteiger charge is -2.51. The van der Waals surface area contributed by atoms with Gasteiger partial charge in [0.05, 0.1) is 0 Å². The van der Waals surface area contributed by atoms with Gasteiger partial charge in [0.2, 0.25) is 0 Å². The van der Waals surface area contributed by atoms with Gasteiger partial charge < -0.3 is 4.18 Å². The summed E-state index contributed by atoms with van der Waals surface area (Å²) in [7, 11) is -5.55. The van der Waals surface area contributed by atoms with Gasteiger partial charge in [0.25, 0.3) is 0 Å². The highest BCUT2D eigenvalue weighted by molar-refractivity contribution is 7.87. The van der Waals surface area contributed by atoms with Gasteiger partial charge in [-0.1, -0.05) is 26.7 Å². The van der Waals surface area contributed by atoms with Crippen molar-refractivity contribution in [3.05, 3.63) is 11.8 Å². The maximum Gasteiger partial charge on any atom is 0.534 e. The van der Waals surface area contributed by atoms with Gasteiger partial charge in [-0.25, -0.2) is 0 Å². The minimum atomic E-state index is -5.55. The summed E-state index contributed by atoms with van der Waals surface area (Å²) in [5.74, 6) is -0.0656. The zero-order valence-corrected chi connectivity index (χ0v) is 12.4. The second-order valence-corrected chi connectivity index (χ2v) is 7.82. The molecule has 0 aromatic rings. The Morgan fingerprint density at radius 1 is 1.15 bits per heavy atom. The fraction of sp³-hybridized carbons (Fsp3) is 0.846. The molecule has 0 aliphatic heterocycles. The quantitative estimate of drug-likeness (QED) is 0.569. The molecule has 1 saturated carbocycles. The highest BCUT2D eigenvalue weighted by Crippen LogP contribution is 2.57. The van der Waals surface area contributed by atoms with E-state index in [9.17, 15) is 21.6 Å². The number of hydrogen-bond acceptors (Lipinski definition) is 3. The van der Waals surface area contributed by atoms with Crippen LogP contribution >= 0.6 is 0 Å². The lowest BCUT2D eigenvalue weighted by molar-refractivity contribution is -0.0532. The van der Waals surface area contributed by atoms with E-state index in [2.05, 4.69) is 11.1 Å². The molecule has 1 fully saturated rings. The predicted molar refractivity (Wildman–Crippen MR) is 68.1 cm³/mol. The van der Waals surface area contributed by atoms with Gasteiger partial charge in [0, 0.05) is 6.42 Å². The highest BCUT2D eigenvalue weighted by Gasteiger charge is 2.51. The van der Waals surface area contributed by atoms with Gasteiger partial charge in [-0.05, 0) is 36.2 Å². The molecule has 0 radical (unpaired) electrons. The first kappa shape index (κ1) is 15.7. The third-order valence-electron chi connectivity index (χ3n) is 4.96. The van der Waals surface area contributed by atoms with Crippen LogP contribution in [0.15, 0.2) is 11.8 Å². The minimum absolute atomic E-state index is 0.0140. The SMILES string of the molecule is C[C@@]12CCCC[C@]1(C)C=C(OS(=O)(=O)C(F)(F)F)CC2. The second kappa shape index (κ2) is 4.64. The van der Waals surface area contributed by atoms with Crippen molar-refractivity contribution in [2.75, 3.05) is 0 Å². The van der Waals surface area contributed by atoms with Crippen LogP contribution in [0.2, 0.25) is 0 Å². The maximum absolute atomic E-state index is 12.4. The molecule has 0 unspecified atom stereocenters. The van der Waals surface area contributed by atoms with Gasteiger partial charge in [0.15, 0.2) is 0 Å². The van der Waals surface area contributed by atoms with Crippen LogP contribution in [0.4, 0.5) is 13.2 Å². The Labute approximate surface area is 117 Å². The lowest BCUT2D eigenvalue weighted by Crippen LogP contribution is -2.42. The average Bonchev–Trinajstić information content (AvgIpc) is 2.28. The Hall–Kier alpha value is -0.720. The van der Waals surface area contributed by atoms with Gasteiger partial charge in [-0.3, -0.25) is 0 Å². The summed E-state index contributed by atoms with van der Waals surface area (Å²) in [4.78, 5) is 0. The van der Waals surface area contributed by atoms with Gasteiger partial charge in [-0.2, -0.15) is 21.6 Å². The molecule has 0 N–H and O–H groups in total. The molecular formula is C13H19F3O3S. The molecule has 0 bridgehead atoms. The first-order valence-corrected chi connectivity index (χ1v) is 8.13. The van der Waals surface area contributed by atoms with Crippen LogP contribution in [0, 0.1) is 10.8 Å². The molecule has 116 valence electrons. The predicted octanol–water partition coefficient (Wildman–Crippen LogP) is 4.12. The maximum atomic E-state index is 12.4. The first-order valence-electron chi connectivity index (χ1n) is 6.72. The largest absolute Gasteiger partial charge is 0.534 e. The molecule has 0 saturated heterocycles. The summed E-state index contributed by atoms with van der Waals surface area (Å²) < 4.78 is 63.5. The van der Waals surface area contributed by atoms with Crippen LogP contribution < -0.4 is 0 Å². The second-order valence-electron chi connectivity index (χ2n) is 6.28. The minimum Gasteiger partial charge on any atom is -0.381 e. The van der Waals surface area contributed by atoms with Crippen LogP contribution in [-0.2, 0) is 14.3 Å². The van der Waals surface area contributed by atoms with Crippen molar-refractivity contribution in [1.29, 1.82) is 0 Å². The third kappa shape index (κ3) is 2.56. The lowest BCUT2D eigenvalue weighted by atomic mass is 9.54. The Bertz CT molecular complexity index is 523. The van der Waals surface area contributed by atoms with Crippen LogP contribution in [0.25, 0.3) is 0 Å². The number of fused-ring (bicyclic) bond motifs is 1. The molecule has 0 aromatic carbocycles. The standard InChI is InChI=1S/C13H19F3O3S/c1-11-6-3-4-7-12(11,2)9-10(5-8-11)19-20(17,18)13(14,15)16/h9H,3-8H2,1-2H3/t11-,12+/m0/s1. The molecule has 7 heteroatoms. The molecule has 0 heterocycles. The molecule has 2 rings (SSSR count). The molecule has 20 heavy (non-hydrogen) atoms.